The minimum atomic E-state index is -0.225. The summed E-state index contributed by atoms with van der Waals surface area (Å²) in [5.74, 6) is -0.449. The Kier molecular flexibility index (Phi) is 2.40. The van der Waals surface area contributed by atoms with Gasteiger partial charge >= 0.3 is 0 Å². The molecule has 5 heteroatoms. The minimum absolute atomic E-state index is 0. The highest BCUT2D eigenvalue weighted by molar-refractivity contribution is 5.14. The zero-order valence-corrected chi connectivity index (χ0v) is 4.44. The molecule has 0 aliphatic heterocycles. The number of nitrogens with zero attached hydrogens (tertiary/aromatic N) is 2. The van der Waals surface area contributed by atoms with E-state index in [2.05, 4.69) is 9.97 Å². The van der Waals surface area contributed by atoms with Crippen LogP contribution in [0.2, 0.25) is 0 Å². The Morgan fingerprint density at radius 2 is 1.56 bits per heavy atom. The Morgan fingerprint density at radius 1 is 1.11 bits per heavy atom. The van der Waals surface area contributed by atoms with Crippen molar-refractivity contribution < 1.29 is 15.7 Å². The smallest absolute Gasteiger partial charge is 0.217 e. The third-order valence-corrected chi connectivity index (χ3v) is 0.638. The second-order valence-corrected chi connectivity index (χ2v) is 1.23. The van der Waals surface area contributed by atoms with Crippen molar-refractivity contribution >= 4 is 0 Å². The Morgan fingerprint density at radius 3 is 1.78 bits per heavy atom. The van der Waals surface area contributed by atoms with E-state index < -0.39 is 0 Å². The van der Waals surface area contributed by atoms with E-state index in [-0.39, 0.29) is 17.2 Å². The van der Waals surface area contributed by atoms with E-state index in [1.165, 1.54) is 0 Å². The van der Waals surface area contributed by atoms with Crippen LogP contribution in [-0.2, 0) is 0 Å². The highest BCUT2D eigenvalue weighted by atomic mass is 16.3. The summed E-state index contributed by atoms with van der Waals surface area (Å²) in [6, 6.07) is 1.06. The van der Waals surface area contributed by atoms with E-state index in [9.17, 15) is 0 Å². The Hall–Kier alpha value is -1.36. The second kappa shape index (κ2) is 2.83. The highest BCUT2D eigenvalue weighted by Gasteiger charge is 1.88. The Bertz CT molecular complexity index is 174. The lowest BCUT2D eigenvalue weighted by molar-refractivity contribution is 0.421. The standard InChI is InChI=1S/C4H4N2O2.H2O/c7-3-1-4(8)6-2-5-3;/h1-2H,(H2,5,6,7,8);1H2. The van der Waals surface area contributed by atoms with Crippen LogP contribution in [0.3, 0.4) is 0 Å². The molecule has 0 aliphatic carbocycles. The summed E-state index contributed by atoms with van der Waals surface area (Å²) >= 11 is 0. The van der Waals surface area contributed by atoms with Gasteiger partial charge in [-0.15, -0.1) is 0 Å². The number of aromatic hydroxyl groups is 2. The van der Waals surface area contributed by atoms with Crippen LogP contribution in [0, 0.1) is 0 Å². The topological polar surface area (TPSA) is 97.7 Å². The van der Waals surface area contributed by atoms with Gasteiger partial charge in [-0.3, -0.25) is 0 Å². The molecular formula is C4H6N2O3. The molecule has 0 radical (unpaired) electrons. The molecule has 0 saturated heterocycles. The Balaban J connectivity index is 0.000000640. The van der Waals surface area contributed by atoms with Crippen LogP contribution in [0.25, 0.3) is 0 Å². The van der Waals surface area contributed by atoms with Crippen LogP contribution in [0.1, 0.15) is 0 Å². The van der Waals surface area contributed by atoms with Crippen molar-refractivity contribution in [3.63, 3.8) is 0 Å². The molecule has 4 N–H and O–H groups in total. The summed E-state index contributed by atoms with van der Waals surface area (Å²) in [4.78, 5) is 6.65. The van der Waals surface area contributed by atoms with E-state index in [4.69, 9.17) is 10.2 Å². The molecule has 9 heavy (non-hydrogen) atoms. The monoisotopic (exact) mass is 130 g/mol. The molecule has 0 bridgehead atoms. The van der Waals surface area contributed by atoms with Crippen LogP contribution in [-0.4, -0.2) is 25.7 Å². The highest BCUT2D eigenvalue weighted by Crippen LogP contribution is 2.07. The van der Waals surface area contributed by atoms with Gasteiger partial charge in [0.15, 0.2) is 0 Å². The predicted molar refractivity (Wildman–Crippen MR) is 29.0 cm³/mol. The molecule has 1 aromatic rings. The van der Waals surface area contributed by atoms with Crippen molar-refractivity contribution in [3.8, 4) is 11.8 Å². The summed E-state index contributed by atoms with van der Waals surface area (Å²) in [5.41, 5.74) is 0. The van der Waals surface area contributed by atoms with Crippen molar-refractivity contribution in [2.45, 2.75) is 0 Å². The Labute approximate surface area is 50.9 Å². The van der Waals surface area contributed by atoms with Crippen LogP contribution in [0.15, 0.2) is 12.4 Å². The third-order valence-electron chi connectivity index (χ3n) is 0.638. The number of aromatic nitrogens is 2. The van der Waals surface area contributed by atoms with Crippen molar-refractivity contribution in [1.82, 2.24) is 9.97 Å². The molecule has 0 aromatic carbocycles. The molecule has 0 atom stereocenters. The fraction of sp³-hybridized carbons (Fsp3) is 0. The first-order chi connectivity index (χ1) is 3.79. The van der Waals surface area contributed by atoms with Gasteiger partial charge in [-0.05, 0) is 0 Å². The molecule has 1 aromatic heterocycles. The van der Waals surface area contributed by atoms with Gasteiger partial charge < -0.3 is 15.7 Å². The fourth-order valence-electron chi connectivity index (χ4n) is 0.337. The van der Waals surface area contributed by atoms with Crippen LogP contribution in [0.4, 0.5) is 0 Å². The molecule has 1 heterocycles. The molecule has 0 aliphatic rings. The first-order valence-corrected chi connectivity index (χ1v) is 1.99. The van der Waals surface area contributed by atoms with Crippen LogP contribution in [0.5, 0.6) is 11.8 Å². The van der Waals surface area contributed by atoms with Gasteiger partial charge in [-0.2, -0.15) is 0 Å². The number of hydrogen-bond donors (Lipinski definition) is 2. The molecule has 0 saturated carbocycles. The predicted octanol–water partition coefficient (Wildman–Crippen LogP) is -0.937. The summed E-state index contributed by atoms with van der Waals surface area (Å²) in [7, 11) is 0. The van der Waals surface area contributed by atoms with Gasteiger partial charge in [0.25, 0.3) is 0 Å². The average molecular weight is 130 g/mol. The van der Waals surface area contributed by atoms with Gasteiger partial charge in [0.1, 0.15) is 6.33 Å². The lowest BCUT2D eigenvalue weighted by Gasteiger charge is -1.87. The molecule has 50 valence electrons. The lowest BCUT2D eigenvalue weighted by Crippen LogP contribution is -1.75. The van der Waals surface area contributed by atoms with Gasteiger partial charge in [0.05, 0.1) is 6.07 Å². The summed E-state index contributed by atoms with van der Waals surface area (Å²) < 4.78 is 0. The fourth-order valence-corrected chi connectivity index (χ4v) is 0.337. The van der Waals surface area contributed by atoms with E-state index in [1.54, 1.807) is 0 Å². The summed E-state index contributed by atoms with van der Waals surface area (Å²) in [6.07, 6.45) is 1.07. The van der Waals surface area contributed by atoms with E-state index in [0.717, 1.165) is 12.4 Å². The van der Waals surface area contributed by atoms with Gasteiger partial charge in [-0.1, -0.05) is 0 Å². The summed E-state index contributed by atoms with van der Waals surface area (Å²) in [5, 5.41) is 17.0. The van der Waals surface area contributed by atoms with Crippen LogP contribution < -0.4 is 0 Å². The molecule has 0 spiro atoms. The molecule has 5 nitrogen and oxygen atoms in total. The zero-order chi connectivity index (χ0) is 5.98. The van der Waals surface area contributed by atoms with E-state index in [0.29, 0.717) is 0 Å². The van der Waals surface area contributed by atoms with Gasteiger partial charge in [0.2, 0.25) is 11.8 Å². The first kappa shape index (κ1) is 7.64. The van der Waals surface area contributed by atoms with Crippen LogP contribution >= 0.6 is 0 Å². The summed E-state index contributed by atoms with van der Waals surface area (Å²) in [6.45, 7) is 0. The van der Waals surface area contributed by atoms with Gasteiger partial charge in [-0.25, -0.2) is 9.97 Å². The zero-order valence-electron chi connectivity index (χ0n) is 4.44. The van der Waals surface area contributed by atoms with E-state index >= 15 is 0 Å². The quantitative estimate of drug-likeness (QED) is 0.473. The lowest BCUT2D eigenvalue weighted by atomic mass is 10.6. The first-order valence-electron chi connectivity index (χ1n) is 1.99. The largest absolute Gasteiger partial charge is 0.493 e. The van der Waals surface area contributed by atoms with Crippen molar-refractivity contribution in [3.05, 3.63) is 12.4 Å². The third kappa shape index (κ3) is 1.92. The number of hydrogen-bond acceptors (Lipinski definition) is 4. The minimum Gasteiger partial charge on any atom is -0.493 e. The maximum atomic E-state index is 8.50. The van der Waals surface area contributed by atoms with Gasteiger partial charge in [0, 0.05) is 0 Å². The molecule has 0 fully saturated rings. The van der Waals surface area contributed by atoms with Crippen molar-refractivity contribution in [1.29, 1.82) is 0 Å². The van der Waals surface area contributed by atoms with Crippen molar-refractivity contribution in [2.75, 3.05) is 0 Å². The van der Waals surface area contributed by atoms with Crippen molar-refractivity contribution in [2.24, 2.45) is 0 Å². The average Bonchev–Trinajstić information content (AvgIpc) is 1.64. The molecule has 0 unspecified atom stereocenters. The number of rotatable bonds is 0. The maximum absolute atomic E-state index is 8.50. The SMILES string of the molecule is O.Oc1cc(O)ncn1. The normalized spacial score (nSPS) is 8.00. The second-order valence-electron chi connectivity index (χ2n) is 1.23. The molecule has 1 rings (SSSR count). The van der Waals surface area contributed by atoms with E-state index in [1.807, 2.05) is 0 Å². The molecule has 0 amide bonds. The molecular weight excluding hydrogens is 124 g/mol. The maximum Gasteiger partial charge on any atom is 0.217 e.